The smallest absolute Gasteiger partial charge is 0.161 e. The van der Waals surface area contributed by atoms with E-state index in [0.29, 0.717) is 11.6 Å². The number of halogens is 2. The van der Waals surface area contributed by atoms with Crippen molar-refractivity contribution in [3.05, 3.63) is 47.4 Å². The molecule has 2 saturated carbocycles. The first kappa shape index (κ1) is 24.7. The first-order chi connectivity index (χ1) is 16.1. The summed E-state index contributed by atoms with van der Waals surface area (Å²) in [5.74, 6) is 2.34. The largest absolute Gasteiger partial charge is 0.239 e. The Bertz CT molecular complexity index is 886. The highest BCUT2D eigenvalue weighted by molar-refractivity contribution is 5.55. The van der Waals surface area contributed by atoms with Crippen LogP contribution in [0.25, 0.3) is 11.9 Å². The van der Waals surface area contributed by atoms with Gasteiger partial charge in [0.2, 0.25) is 0 Å². The summed E-state index contributed by atoms with van der Waals surface area (Å²) >= 11 is 0. The third-order valence-corrected chi connectivity index (χ3v) is 9.37. The standard InChI is InChI=1S/C31H44F2/c1-3-5-21-31(22-26-9-6-7-10-28(26)29(32)30(31)33)27-19-17-25(18-20-27)16-15-24-13-11-23(8-4-2)12-14-24/h3,6-7,9-10,22-25,27,30H,1,4-5,8,11-21H2,2H3. The molecular weight excluding hydrogens is 410 g/mol. The molecule has 0 nitrogen and oxygen atoms in total. The summed E-state index contributed by atoms with van der Waals surface area (Å²) in [6.07, 6.45) is 19.4. The van der Waals surface area contributed by atoms with Gasteiger partial charge in [-0.05, 0) is 54.6 Å². The zero-order valence-electron chi connectivity index (χ0n) is 20.7. The molecule has 182 valence electrons. The molecule has 0 saturated heterocycles. The van der Waals surface area contributed by atoms with Crippen molar-refractivity contribution in [2.45, 2.75) is 103 Å². The second-order valence-corrected chi connectivity index (χ2v) is 11.4. The van der Waals surface area contributed by atoms with Crippen LogP contribution in [-0.2, 0) is 0 Å². The molecule has 1 aromatic carbocycles. The highest BCUT2D eigenvalue weighted by Crippen LogP contribution is 2.51. The lowest BCUT2D eigenvalue weighted by Crippen LogP contribution is -2.48. The molecule has 2 fully saturated rings. The Morgan fingerprint density at radius 1 is 0.909 bits per heavy atom. The van der Waals surface area contributed by atoms with Gasteiger partial charge in [0.05, 0.1) is 0 Å². The number of hydrogen-bond donors (Lipinski definition) is 0. The fourth-order valence-corrected chi connectivity index (χ4v) is 7.33. The van der Waals surface area contributed by atoms with Crippen molar-refractivity contribution >= 4 is 11.9 Å². The van der Waals surface area contributed by atoms with E-state index in [2.05, 4.69) is 19.6 Å². The Balaban J connectivity index is 1.38. The van der Waals surface area contributed by atoms with E-state index in [1.54, 1.807) is 12.1 Å². The van der Waals surface area contributed by atoms with Crippen molar-refractivity contribution < 1.29 is 8.78 Å². The molecule has 33 heavy (non-hydrogen) atoms. The molecule has 0 heterocycles. The SMILES string of the molecule is C=CCCC1(C2CCC(CCC3CCC(CCC)CC3)CC2)C=c2ccccc2=C(F)C1F. The number of benzene rings is 1. The maximum absolute atomic E-state index is 15.8. The molecular formula is C31H44F2. The Labute approximate surface area is 200 Å². The number of alkyl halides is 1. The molecule has 0 radical (unpaired) electrons. The molecule has 0 bridgehead atoms. The minimum atomic E-state index is -1.53. The lowest BCUT2D eigenvalue weighted by Gasteiger charge is -2.45. The fraction of sp³-hybridized carbons (Fsp3) is 0.677. The number of hydrogen-bond acceptors (Lipinski definition) is 0. The Kier molecular flexibility index (Phi) is 8.47. The van der Waals surface area contributed by atoms with Gasteiger partial charge >= 0.3 is 0 Å². The minimum Gasteiger partial charge on any atom is -0.239 e. The van der Waals surface area contributed by atoms with Gasteiger partial charge in [-0.1, -0.05) is 108 Å². The lowest BCUT2D eigenvalue weighted by atomic mass is 9.60. The van der Waals surface area contributed by atoms with Crippen LogP contribution in [0.3, 0.4) is 0 Å². The zero-order valence-corrected chi connectivity index (χ0v) is 20.7. The highest BCUT2D eigenvalue weighted by Gasteiger charge is 2.48. The number of allylic oxidation sites excluding steroid dienone is 1. The average molecular weight is 455 g/mol. The number of fused-ring (bicyclic) bond motifs is 1. The molecule has 0 N–H and O–H groups in total. The van der Waals surface area contributed by atoms with Gasteiger partial charge < -0.3 is 0 Å². The molecule has 3 aliphatic rings. The van der Waals surface area contributed by atoms with Crippen molar-refractivity contribution in [2.24, 2.45) is 29.1 Å². The van der Waals surface area contributed by atoms with Crippen LogP contribution in [0.4, 0.5) is 8.78 Å². The first-order valence-corrected chi connectivity index (χ1v) is 13.8. The van der Waals surface area contributed by atoms with Gasteiger partial charge in [-0.2, -0.15) is 0 Å². The minimum absolute atomic E-state index is 0.215. The van der Waals surface area contributed by atoms with Gasteiger partial charge in [-0.15, -0.1) is 6.58 Å². The third kappa shape index (κ3) is 5.46. The van der Waals surface area contributed by atoms with E-state index >= 15 is 8.78 Å². The highest BCUT2D eigenvalue weighted by atomic mass is 19.2. The predicted octanol–water partition coefficient (Wildman–Crippen LogP) is 8.04. The predicted molar refractivity (Wildman–Crippen MR) is 136 cm³/mol. The van der Waals surface area contributed by atoms with Gasteiger partial charge in [-0.3, -0.25) is 0 Å². The summed E-state index contributed by atoms with van der Waals surface area (Å²) in [5.41, 5.74) is -0.727. The van der Waals surface area contributed by atoms with Crippen LogP contribution in [0.5, 0.6) is 0 Å². The van der Waals surface area contributed by atoms with Crippen LogP contribution < -0.4 is 10.4 Å². The van der Waals surface area contributed by atoms with Crippen LogP contribution >= 0.6 is 0 Å². The van der Waals surface area contributed by atoms with Crippen LogP contribution in [0.2, 0.25) is 0 Å². The maximum atomic E-state index is 15.8. The summed E-state index contributed by atoms with van der Waals surface area (Å²) in [4.78, 5) is 0. The molecule has 1 aromatic rings. The van der Waals surface area contributed by atoms with Gasteiger partial charge in [-0.25, -0.2) is 8.78 Å². The molecule has 0 aliphatic heterocycles. The fourth-order valence-electron chi connectivity index (χ4n) is 7.33. The summed E-state index contributed by atoms with van der Waals surface area (Å²) in [6.45, 7) is 6.18. The normalized spacial score (nSPS) is 34.4. The topological polar surface area (TPSA) is 0 Å². The Morgan fingerprint density at radius 2 is 1.48 bits per heavy atom. The van der Waals surface area contributed by atoms with Crippen molar-refractivity contribution in [2.75, 3.05) is 0 Å². The Morgan fingerprint density at radius 3 is 2.09 bits per heavy atom. The molecule has 2 heteroatoms. The van der Waals surface area contributed by atoms with E-state index in [0.717, 1.165) is 42.2 Å². The molecule has 0 aromatic heterocycles. The van der Waals surface area contributed by atoms with E-state index in [4.69, 9.17) is 0 Å². The second kappa shape index (κ2) is 11.3. The molecule has 3 aliphatic carbocycles. The average Bonchev–Trinajstić information content (AvgIpc) is 2.85. The number of rotatable bonds is 9. The summed E-state index contributed by atoms with van der Waals surface area (Å²) in [5, 5.41) is 1.32. The Hall–Kier alpha value is -1.44. The summed E-state index contributed by atoms with van der Waals surface area (Å²) < 4.78 is 31.0. The molecule has 4 rings (SSSR count). The van der Waals surface area contributed by atoms with Crippen molar-refractivity contribution in [3.63, 3.8) is 0 Å². The van der Waals surface area contributed by atoms with Crippen LogP contribution in [-0.4, -0.2) is 6.17 Å². The van der Waals surface area contributed by atoms with E-state index in [1.807, 2.05) is 18.2 Å². The van der Waals surface area contributed by atoms with E-state index in [9.17, 15) is 0 Å². The first-order valence-electron chi connectivity index (χ1n) is 13.8. The van der Waals surface area contributed by atoms with E-state index in [-0.39, 0.29) is 5.92 Å². The molecule has 2 unspecified atom stereocenters. The van der Waals surface area contributed by atoms with Gasteiger partial charge in [0.15, 0.2) is 6.17 Å². The lowest BCUT2D eigenvalue weighted by molar-refractivity contribution is 0.0755. The van der Waals surface area contributed by atoms with Crippen LogP contribution in [0, 0.1) is 29.1 Å². The third-order valence-electron chi connectivity index (χ3n) is 9.37. The van der Waals surface area contributed by atoms with Crippen LogP contribution in [0.15, 0.2) is 36.9 Å². The van der Waals surface area contributed by atoms with Crippen molar-refractivity contribution in [1.29, 1.82) is 0 Å². The van der Waals surface area contributed by atoms with Crippen molar-refractivity contribution in [1.82, 2.24) is 0 Å². The second-order valence-electron chi connectivity index (χ2n) is 11.4. The molecule has 2 atom stereocenters. The quantitative estimate of drug-likeness (QED) is 0.331. The molecule has 0 amide bonds. The maximum Gasteiger partial charge on any atom is 0.161 e. The van der Waals surface area contributed by atoms with E-state index in [1.165, 1.54) is 64.2 Å². The van der Waals surface area contributed by atoms with Gasteiger partial charge in [0.25, 0.3) is 0 Å². The van der Waals surface area contributed by atoms with E-state index < -0.39 is 17.4 Å². The monoisotopic (exact) mass is 454 g/mol. The molecule has 0 spiro atoms. The van der Waals surface area contributed by atoms with Crippen molar-refractivity contribution in [3.8, 4) is 0 Å². The summed E-state index contributed by atoms with van der Waals surface area (Å²) in [6, 6.07) is 7.41. The zero-order chi connectivity index (χ0) is 23.3. The summed E-state index contributed by atoms with van der Waals surface area (Å²) in [7, 11) is 0. The van der Waals surface area contributed by atoms with Crippen LogP contribution in [0.1, 0.15) is 96.8 Å². The van der Waals surface area contributed by atoms with Gasteiger partial charge in [0.1, 0.15) is 5.83 Å². The van der Waals surface area contributed by atoms with Gasteiger partial charge in [0, 0.05) is 10.6 Å².